The SMILES string of the molecule is CC(O)CC1CCCN1C(=O)c1ccc(N(C)C)cc1F. The third-order valence-corrected chi connectivity index (χ3v) is 3.95. The zero-order chi connectivity index (χ0) is 15.6. The van der Waals surface area contributed by atoms with Gasteiger partial charge < -0.3 is 14.9 Å². The molecule has 0 bridgehead atoms. The van der Waals surface area contributed by atoms with Crippen LogP contribution in [0.25, 0.3) is 0 Å². The van der Waals surface area contributed by atoms with Gasteiger partial charge in [0.2, 0.25) is 0 Å². The normalized spacial score (nSPS) is 19.7. The number of hydrogen-bond acceptors (Lipinski definition) is 3. The fourth-order valence-electron chi connectivity index (χ4n) is 2.85. The lowest BCUT2D eigenvalue weighted by atomic mass is 10.1. The van der Waals surface area contributed by atoms with Crippen molar-refractivity contribution >= 4 is 11.6 Å². The van der Waals surface area contributed by atoms with Gasteiger partial charge in [-0.05, 0) is 44.4 Å². The minimum absolute atomic E-state index is 0.00502. The van der Waals surface area contributed by atoms with Crippen molar-refractivity contribution in [3.05, 3.63) is 29.6 Å². The van der Waals surface area contributed by atoms with Crippen LogP contribution in [-0.4, -0.2) is 48.7 Å². The van der Waals surface area contributed by atoms with Gasteiger partial charge in [0.25, 0.3) is 5.91 Å². The third kappa shape index (κ3) is 3.53. The molecule has 0 saturated carbocycles. The van der Waals surface area contributed by atoms with Crippen molar-refractivity contribution < 1.29 is 14.3 Å². The molecule has 1 aliphatic rings. The largest absolute Gasteiger partial charge is 0.393 e. The summed E-state index contributed by atoms with van der Waals surface area (Å²) >= 11 is 0. The number of amides is 1. The quantitative estimate of drug-likeness (QED) is 0.926. The van der Waals surface area contributed by atoms with Crippen molar-refractivity contribution in [1.29, 1.82) is 0 Å². The maximum absolute atomic E-state index is 14.2. The van der Waals surface area contributed by atoms with E-state index in [0.29, 0.717) is 13.0 Å². The number of anilines is 1. The first-order valence-electron chi connectivity index (χ1n) is 7.36. The summed E-state index contributed by atoms with van der Waals surface area (Å²) < 4.78 is 14.2. The number of hydrogen-bond donors (Lipinski definition) is 1. The Morgan fingerprint density at radius 1 is 1.52 bits per heavy atom. The lowest BCUT2D eigenvalue weighted by Crippen LogP contribution is -2.37. The van der Waals surface area contributed by atoms with Crippen molar-refractivity contribution in [2.24, 2.45) is 0 Å². The Balaban J connectivity index is 2.19. The minimum atomic E-state index is -0.492. The van der Waals surface area contributed by atoms with Crippen LogP contribution >= 0.6 is 0 Å². The molecule has 1 heterocycles. The van der Waals surface area contributed by atoms with E-state index in [1.54, 1.807) is 28.9 Å². The molecule has 4 nitrogen and oxygen atoms in total. The number of carbonyl (C=O) groups excluding carboxylic acids is 1. The third-order valence-electron chi connectivity index (χ3n) is 3.95. The molecule has 21 heavy (non-hydrogen) atoms. The molecule has 0 spiro atoms. The van der Waals surface area contributed by atoms with Crippen molar-refractivity contribution in [3.8, 4) is 0 Å². The number of nitrogens with zero attached hydrogens (tertiary/aromatic N) is 2. The highest BCUT2D eigenvalue weighted by molar-refractivity contribution is 5.95. The van der Waals surface area contributed by atoms with Gasteiger partial charge in [0.05, 0.1) is 11.7 Å². The van der Waals surface area contributed by atoms with Crippen LogP contribution in [0.4, 0.5) is 10.1 Å². The second-order valence-electron chi connectivity index (χ2n) is 5.94. The Hall–Kier alpha value is -1.62. The van der Waals surface area contributed by atoms with Gasteiger partial charge in [-0.3, -0.25) is 4.79 Å². The molecule has 0 aliphatic carbocycles. The molecule has 5 heteroatoms. The molecule has 1 amide bonds. The van der Waals surface area contributed by atoms with Crippen molar-refractivity contribution in [1.82, 2.24) is 4.90 Å². The van der Waals surface area contributed by atoms with Crippen LogP contribution in [-0.2, 0) is 0 Å². The summed E-state index contributed by atoms with van der Waals surface area (Å²) in [5, 5.41) is 9.52. The predicted octanol–water partition coefficient (Wildman–Crippen LogP) is 2.27. The van der Waals surface area contributed by atoms with E-state index < -0.39 is 11.9 Å². The molecule has 1 aliphatic heterocycles. The second-order valence-corrected chi connectivity index (χ2v) is 5.94. The van der Waals surface area contributed by atoms with Gasteiger partial charge in [0.15, 0.2) is 0 Å². The maximum Gasteiger partial charge on any atom is 0.257 e. The van der Waals surface area contributed by atoms with E-state index in [-0.39, 0.29) is 17.5 Å². The Kier molecular flexibility index (Phi) is 4.83. The van der Waals surface area contributed by atoms with Gasteiger partial charge in [-0.25, -0.2) is 4.39 Å². The molecule has 0 radical (unpaired) electrons. The average molecular weight is 294 g/mol. The van der Waals surface area contributed by atoms with Crippen LogP contribution in [0.2, 0.25) is 0 Å². The molecule has 0 aromatic heterocycles. The smallest absolute Gasteiger partial charge is 0.257 e. The molecule has 1 N–H and O–H groups in total. The first-order valence-corrected chi connectivity index (χ1v) is 7.36. The lowest BCUT2D eigenvalue weighted by Gasteiger charge is -2.26. The van der Waals surface area contributed by atoms with Crippen LogP contribution in [0.1, 0.15) is 36.5 Å². The molecule has 2 rings (SSSR count). The van der Waals surface area contributed by atoms with Crippen molar-refractivity contribution in [2.45, 2.75) is 38.3 Å². The van der Waals surface area contributed by atoms with Crippen molar-refractivity contribution in [3.63, 3.8) is 0 Å². The molecule has 1 aromatic rings. The van der Waals surface area contributed by atoms with Gasteiger partial charge in [-0.1, -0.05) is 0 Å². The van der Waals surface area contributed by atoms with Crippen LogP contribution < -0.4 is 4.90 Å². The number of likely N-dealkylation sites (tertiary alicyclic amines) is 1. The Morgan fingerprint density at radius 2 is 2.24 bits per heavy atom. The first kappa shape index (κ1) is 15.8. The second kappa shape index (κ2) is 6.43. The first-order chi connectivity index (χ1) is 9.90. The number of halogens is 1. The summed E-state index contributed by atoms with van der Waals surface area (Å²) in [6.45, 7) is 2.35. The number of aliphatic hydroxyl groups excluding tert-OH is 1. The molecule has 1 saturated heterocycles. The summed E-state index contributed by atoms with van der Waals surface area (Å²) in [4.78, 5) is 16.0. The van der Waals surface area contributed by atoms with E-state index in [4.69, 9.17) is 0 Å². The Bertz CT molecular complexity index is 517. The zero-order valence-electron chi connectivity index (χ0n) is 12.8. The molecule has 1 fully saturated rings. The average Bonchev–Trinajstić information content (AvgIpc) is 2.85. The number of carbonyl (C=O) groups is 1. The molecular weight excluding hydrogens is 271 g/mol. The van der Waals surface area contributed by atoms with E-state index in [9.17, 15) is 14.3 Å². The van der Waals surface area contributed by atoms with Gasteiger partial charge in [-0.15, -0.1) is 0 Å². The van der Waals surface area contributed by atoms with Gasteiger partial charge in [0, 0.05) is 32.4 Å². The summed E-state index contributed by atoms with van der Waals surface area (Å²) in [5.41, 5.74) is 0.837. The number of aliphatic hydroxyl groups is 1. The zero-order valence-corrected chi connectivity index (χ0v) is 12.8. The molecule has 2 atom stereocenters. The molecule has 116 valence electrons. The van der Waals surface area contributed by atoms with Gasteiger partial charge in [-0.2, -0.15) is 0 Å². The van der Waals surface area contributed by atoms with Crippen LogP contribution in [0.15, 0.2) is 18.2 Å². The maximum atomic E-state index is 14.2. The topological polar surface area (TPSA) is 43.8 Å². The van der Waals surface area contributed by atoms with Gasteiger partial charge in [0.1, 0.15) is 5.82 Å². The van der Waals surface area contributed by atoms with Crippen LogP contribution in [0.3, 0.4) is 0 Å². The van der Waals surface area contributed by atoms with Crippen LogP contribution in [0.5, 0.6) is 0 Å². The Labute approximate surface area is 125 Å². The lowest BCUT2D eigenvalue weighted by molar-refractivity contribution is 0.0677. The van der Waals surface area contributed by atoms with E-state index in [2.05, 4.69) is 0 Å². The molecular formula is C16H23FN2O2. The van der Waals surface area contributed by atoms with E-state index >= 15 is 0 Å². The van der Waals surface area contributed by atoms with E-state index in [1.165, 1.54) is 6.07 Å². The van der Waals surface area contributed by atoms with E-state index in [1.807, 2.05) is 14.1 Å². The number of rotatable bonds is 4. The van der Waals surface area contributed by atoms with E-state index in [0.717, 1.165) is 18.5 Å². The highest BCUT2D eigenvalue weighted by Crippen LogP contribution is 2.25. The summed E-state index contributed by atoms with van der Waals surface area (Å²) in [6.07, 6.45) is 1.86. The standard InChI is InChI=1S/C16H23FN2O2/c1-11(20)9-13-5-4-8-19(13)16(21)14-7-6-12(18(2)3)10-15(14)17/h6-7,10-11,13,20H,4-5,8-9H2,1-3H3. The molecule has 2 unspecified atom stereocenters. The molecule has 1 aromatic carbocycles. The fraction of sp³-hybridized carbons (Fsp3) is 0.562. The Morgan fingerprint density at radius 3 is 2.81 bits per heavy atom. The number of benzene rings is 1. The summed E-state index contributed by atoms with van der Waals surface area (Å²) in [5.74, 6) is -0.769. The summed E-state index contributed by atoms with van der Waals surface area (Å²) in [7, 11) is 3.66. The summed E-state index contributed by atoms with van der Waals surface area (Å²) in [6, 6.07) is 4.68. The van der Waals surface area contributed by atoms with Gasteiger partial charge >= 0.3 is 0 Å². The monoisotopic (exact) mass is 294 g/mol. The van der Waals surface area contributed by atoms with Crippen LogP contribution in [0, 0.1) is 5.82 Å². The fourth-order valence-corrected chi connectivity index (χ4v) is 2.85. The minimum Gasteiger partial charge on any atom is -0.393 e. The highest BCUT2D eigenvalue weighted by Gasteiger charge is 2.31. The predicted molar refractivity (Wildman–Crippen MR) is 81.1 cm³/mol. The van der Waals surface area contributed by atoms with Crippen molar-refractivity contribution in [2.75, 3.05) is 25.5 Å². The highest BCUT2D eigenvalue weighted by atomic mass is 19.1.